The number of carbonyl (C=O) groups excluding carboxylic acids is 2. The van der Waals surface area contributed by atoms with E-state index in [1.54, 1.807) is 0 Å². The Morgan fingerprint density at radius 3 is 2.79 bits per heavy atom. The third-order valence-corrected chi connectivity index (χ3v) is 6.47. The minimum absolute atomic E-state index is 0.159. The van der Waals surface area contributed by atoms with Gasteiger partial charge in [0.2, 0.25) is 5.91 Å². The maximum absolute atomic E-state index is 12.7. The lowest BCUT2D eigenvalue weighted by molar-refractivity contribution is -0.132. The summed E-state index contributed by atoms with van der Waals surface area (Å²) in [6.07, 6.45) is 3.53. The molecule has 4 rings (SSSR count). The predicted molar refractivity (Wildman–Crippen MR) is 110 cm³/mol. The minimum Gasteiger partial charge on any atom is -0.447 e. The SMILES string of the molecule is CC[C@H](C)[C@H]1COC(=O)N1C1CCN(C(=O)CCc2nc3ccccc3[nH]2)CC1. The first-order valence-corrected chi connectivity index (χ1v) is 10.7. The number of hydrogen-bond acceptors (Lipinski definition) is 4. The maximum atomic E-state index is 12.7. The number of nitrogens with zero attached hydrogens (tertiary/aromatic N) is 3. The molecule has 2 saturated heterocycles. The van der Waals surface area contributed by atoms with E-state index in [0.29, 0.717) is 38.5 Å². The molecular weight excluding hydrogens is 368 g/mol. The van der Waals surface area contributed by atoms with Gasteiger partial charge in [-0.15, -0.1) is 0 Å². The summed E-state index contributed by atoms with van der Waals surface area (Å²) >= 11 is 0. The summed E-state index contributed by atoms with van der Waals surface area (Å²) in [5.41, 5.74) is 1.94. The van der Waals surface area contributed by atoms with Gasteiger partial charge in [0.1, 0.15) is 12.4 Å². The van der Waals surface area contributed by atoms with Crippen LogP contribution in [0.2, 0.25) is 0 Å². The number of amides is 2. The number of hydrogen-bond donors (Lipinski definition) is 1. The second kappa shape index (κ2) is 8.43. The number of benzene rings is 1. The summed E-state index contributed by atoms with van der Waals surface area (Å²) in [5.74, 6) is 1.43. The number of likely N-dealkylation sites (tertiary alicyclic amines) is 1. The molecule has 0 unspecified atom stereocenters. The summed E-state index contributed by atoms with van der Waals surface area (Å²) in [7, 11) is 0. The van der Waals surface area contributed by atoms with E-state index in [-0.39, 0.29) is 24.1 Å². The molecule has 1 aromatic heterocycles. The topological polar surface area (TPSA) is 78.5 Å². The fraction of sp³-hybridized carbons (Fsp3) is 0.591. The first-order valence-electron chi connectivity index (χ1n) is 10.7. The molecule has 0 radical (unpaired) electrons. The highest BCUT2D eigenvalue weighted by Crippen LogP contribution is 2.29. The minimum atomic E-state index is -0.190. The Hall–Kier alpha value is -2.57. The number of aromatic amines is 1. The van der Waals surface area contributed by atoms with Crippen molar-refractivity contribution in [2.24, 2.45) is 5.92 Å². The Kier molecular flexibility index (Phi) is 5.74. The highest BCUT2D eigenvalue weighted by atomic mass is 16.6. The largest absolute Gasteiger partial charge is 0.447 e. The van der Waals surface area contributed by atoms with E-state index in [4.69, 9.17) is 4.74 Å². The van der Waals surface area contributed by atoms with Crippen LogP contribution in [0.25, 0.3) is 11.0 Å². The van der Waals surface area contributed by atoms with Crippen molar-refractivity contribution in [2.45, 2.75) is 58.0 Å². The summed E-state index contributed by atoms with van der Waals surface area (Å²) < 4.78 is 5.34. The monoisotopic (exact) mass is 398 g/mol. The van der Waals surface area contributed by atoms with Crippen LogP contribution >= 0.6 is 0 Å². The summed E-state index contributed by atoms with van der Waals surface area (Å²) in [6.45, 7) is 6.21. The normalized spacial score (nSPS) is 21.6. The highest BCUT2D eigenvalue weighted by Gasteiger charge is 2.41. The Morgan fingerprint density at radius 2 is 2.07 bits per heavy atom. The maximum Gasteiger partial charge on any atom is 0.410 e. The van der Waals surface area contributed by atoms with E-state index in [0.717, 1.165) is 36.1 Å². The number of ether oxygens (including phenoxy) is 1. The van der Waals surface area contributed by atoms with Gasteiger partial charge in [0.25, 0.3) is 0 Å². The van der Waals surface area contributed by atoms with E-state index in [1.807, 2.05) is 34.1 Å². The number of rotatable bonds is 6. The van der Waals surface area contributed by atoms with Gasteiger partial charge in [-0.1, -0.05) is 32.4 Å². The lowest BCUT2D eigenvalue weighted by Gasteiger charge is -2.39. The number of cyclic esters (lactones) is 1. The number of para-hydroxylation sites is 2. The first-order chi connectivity index (χ1) is 14.1. The van der Waals surface area contributed by atoms with E-state index in [1.165, 1.54) is 0 Å². The van der Waals surface area contributed by atoms with Crippen molar-refractivity contribution in [3.05, 3.63) is 30.1 Å². The summed E-state index contributed by atoms with van der Waals surface area (Å²) in [6, 6.07) is 8.23. The number of carbonyl (C=O) groups is 2. The van der Waals surface area contributed by atoms with Crippen LogP contribution in [-0.2, 0) is 16.0 Å². The molecule has 3 heterocycles. The van der Waals surface area contributed by atoms with Crippen molar-refractivity contribution in [1.29, 1.82) is 0 Å². The van der Waals surface area contributed by atoms with E-state index in [9.17, 15) is 9.59 Å². The van der Waals surface area contributed by atoms with Crippen molar-refractivity contribution < 1.29 is 14.3 Å². The fourth-order valence-electron chi connectivity index (χ4n) is 4.48. The molecule has 1 aromatic carbocycles. The Labute approximate surface area is 171 Å². The highest BCUT2D eigenvalue weighted by molar-refractivity contribution is 5.77. The van der Waals surface area contributed by atoms with Crippen LogP contribution in [0.15, 0.2) is 24.3 Å². The second-order valence-corrected chi connectivity index (χ2v) is 8.25. The molecule has 2 amide bonds. The third kappa shape index (κ3) is 4.09. The Bertz CT molecular complexity index is 839. The van der Waals surface area contributed by atoms with Gasteiger partial charge in [-0.3, -0.25) is 9.69 Å². The number of aromatic nitrogens is 2. The van der Waals surface area contributed by atoms with Crippen LogP contribution in [0, 0.1) is 5.92 Å². The molecule has 7 nitrogen and oxygen atoms in total. The molecule has 29 heavy (non-hydrogen) atoms. The van der Waals surface area contributed by atoms with Gasteiger partial charge >= 0.3 is 6.09 Å². The van der Waals surface area contributed by atoms with Crippen LogP contribution in [0.1, 0.15) is 45.4 Å². The zero-order valence-electron chi connectivity index (χ0n) is 17.3. The quantitative estimate of drug-likeness (QED) is 0.809. The van der Waals surface area contributed by atoms with E-state index >= 15 is 0 Å². The van der Waals surface area contributed by atoms with Crippen molar-refractivity contribution in [1.82, 2.24) is 19.8 Å². The molecule has 156 valence electrons. The van der Waals surface area contributed by atoms with Crippen molar-refractivity contribution in [3.8, 4) is 0 Å². The molecule has 2 aliphatic heterocycles. The first kappa shape index (κ1) is 19.7. The fourth-order valence-corrected chi connectivity index (χ4v) is 4.48. The molecule has 7 heteroatoms. The zero-order chi connectivity index (χ0) is 20.4. The Morgan fingerprint density at radius 1 is 1.31 bits per heavy atom. The average molecular weight is 399 g/mol. The molecule has 0 aliphatic carbocycles. The van der Waals surface area contributed by atoms with Crippen LogP contribution in [0.5, 0.6) is 0 Å². The van der Waals surface area contributed by atoms with Crippen LogP contribution in [0.3, 0.4) is 0 Å². The molecule has 0 spiro atoms. The third-order valence-electron chi connectivity index (χ3n) is 6.47. The van der Waals surface area contributed by atoms with E-state index in [2.05, 4.69) is 23.8 Å². The predicted octanol–water partition coefficient (Wildman–Crippen LogP) is 3.35. The molecule has 2 fully saturated rings. The van der Waals surface area contributed by atoms with Crippen molar-refractivity contribution in [3.63, 3.8) is 0 Å². The number of piperidine rings is 1. The molecule has 1 N–H and O–H groups in total. The number of fused-ring (bicyclic) bond motifs is 1. The van der Waals surface area contributed by atoms with Crippen LogP contribution < -0.4 is 0 Å². The smallest absolute Gasteiger partial charge is 0.410 e. The number of H-pyrrole nitrogens is 1. The van der Waals surface area contributed by atoms with Gasteiger partial charge in [0.15, 0.2) is 0 Å². The molecule has 0 bridgehead atoms. The molecule has 2 aliphatic rings. The van der Waals surface area contributed by atoms with Crippen molar-refractivity contribution >= 4 is 23.0 Å². The second-order valence-electron chi connectivity index (χ2n) is 8.25. The standard InChI is InChI=1S/C22H30N4O3/c1-3-15(2)19-14-29-22(28)26(19)16-10-12-25(13-11-16)21(27)9-8-20-23-17-6-4-5-7-18(17)24-20/h4-7,15-16,19H,3,8-14H2,1-2H3,(H,23,24)/t15-,19+/m0/s1. The van der Waals surface area contributed by atoms with Gasteiger partial charge in [-0.05, 0) is 30.9 Å². The zero-order valence-corrected chi connectivity index (χ0v) is 17.3. The molecule has 0 saturated carbocycles. The van der Waals surface area contributed by atoms with Crippen molar-refractivity contribution in [2.75, 3.05) is 19.7 Å². The summed E-state index contributed by atoms with van der Waals surface area (Å²) in [5, 5.41) is 0. The lowest BCUT2D eigenvalue weighted by Crippen LogP contribution is -2.51. The molecular formula is C22H30N4O3. The van der Waals surface area contributed by atoms with Gasteiger partial charge in [0.05, 0.1) is 17.1 Å². The van der Waals surface area contributed by atoms with Crippen LogP contribution in [0.4, 0.5) is 4.79 Å². The van der Waals surface area contributed by atoms with Gasteiger partial charge in [0, 0.05) is 32.0 Å². The number of imidazole rings is 1. The van der Waals surface area contributed by atoms with Gasteiger partial charge < -0.3 is 14.6 Å². The number of nitrogens with one attached hydrogen (secondary N) is 1. The average Bonchev–Trinajstić information content (AvgIpc) is 3.34. The van der Waals surface area contributed by atoms with Gasteiger partial charge in [-0.25, -0.2) is 9.78 Å². The number of aryl methyl sites for hydroxylation is 1. The van der Waals surface area contributed by atoms with E-state index < -0.39 is 0 Å². The summed E-state index contributed by atoms with van der Waals surface area (Å²) in [4.78, 5) is 36.7. The van der Waals surface area contributed by atoms with Crippen LogP contribution in [-0.4, -0.2) is 63.5 Å². The lowest BCUT2D eigenvalue weighted by atomic mass is 9.95. The van der Waals surface area contributed by atoms with Gasteiger partial charge in [-0.2, -0.15) is 0 Å². The molecule has 2 aromatic rings. The Balaban J connectivity index is 1.29. The molecule has 2 atom stereocenters.